The molecule has 0 amide bonds. The number of hydrogen-bond donors (Lipinski definition) is 1. The van der Waals surface area contributed by atoms with Crippen molar-refractivity contribution in [1.29, 1.82) is 0 Å². The van der Waals surface area contributed by atoms with Crippen LogP contribution in [0.2, 0.25) is 0 Å². The van der Waals surface area contributed by atoms with Crippen LogP contribution in [0.1, 0.15) is 12.5 Å². The largest absolute Gasteiger partial charge is 0.484 e. The Balaban J connectivity index is 2.26. The molecule has 0 spiro atoms. The minimum atomic E-state index is -4.43. The third-order valence-corrected chi connectivity index (χ3v) is 2.44. The summed E-state index contributed by atoms with van der Waals surface area (Å²) in [6.45, 7) is 2.86. The lowest BCUT2D eigenvalue weighted by Gasteiger charge is -2.39. The second kappa shape index (κ2) is 3.62. The molecule has 1 aromatic rings. The van der Waals surface area contributed by atoms with E-state index in [1.54, 1.807) is 6.92 Å². The van der Waals surface area contributed by atoms with Crippen molar-refractivity contribution in [3.05, 3.63) is 24.0 Å². The molecule has 1 saturated heterocycles. The number of hydrogen-bond acceptors (Lipinski definition) is 3. The van der Waals surface area contributed by atoms with Crippen LogP contribution in [-0.4, -0.2) is 23.7 Å². The van der Waals surface area contributed by atoms with Crippen LogP contribution in [0.4, 0.5) is 13.2 Å². The molecule has 1 aliphatic heterocycles. The molecule has 1 fully saturated rings. The molecule has 16 heavy (non-hydrogen) atoms. The molecule has 0 atom stereocenters. The summed E-state index contributed by atoms with van der Waals surface area (Å²) in [5.74, 6) is -0.161. The van der Waals surface area contributed by atoms with Crippen LogP contribution in [0, 0.1) is 0 Å². The van der Waals surface area contributed by atoms with Gasteiger partial charge in [0.25, 0.3) is 0 Å². The molecular weight excluding hydrogens is 221 g/mol. The highest BCUT2D eigenvalue weighted by Crippen LogP contribution is 2.37. The Morgan fingerprint density at radius 1 is 1.44 bits per heavy atom. The topological polar surface area (TPSA) is 34.1 Å². The van der Waals surface area contributed by atoms with E-state index in [1.807, 2.05) is 0 Å². The van der Waals surface area contributed by atoms with Crippen molar-refractivity contribution in [3.63, 3.8) is 0 Å². The van der Waals surface area contributed by atoms with Crippen LogP contribution in [0.15, 0.2) is 18.5 Å². The Kier molecular flexibility index (Phi) is 2.53. The lowest BCUT2D eigenvalue weighted by Crippen LogP contribution is -2.61. The number of halogens is 3. The van der Waals surface area contributed by atoms with Gasteiger partial charge in [-0.3, -0.25) is 4.98 Å². The Labute approximate surface area is 90.6 Å². The van der Waals surface area contributed by atoms with Crippen LogP contribution < -0.4 is 10.1 Å². The van der Waals surface area contributed by atoms with Gasteiger partial charge in [0.1, 0.15) is 16.9 Å². The van der Waals surface area contributed by atoms with Crippen molar-refractivity contribution < 1.29 is 17.9 Å². The number of pyridine rings is 1. The molecule has 1 aromatic heterocycles. The molecular formula is C10H11F3N2O. The first-order valence-electron chi connectivity index (χ1n) is 4.82. The van der Waals surface area contributed by atoms with Crippen LogP contribution in [0.5, 0.6) is 5.75 Å². The van der Waals surface area contributed by atoms with Crippen LogP contribution in [0.25, 0.3) is 0 Å². The fourth-order valence-corrected chi connectivity index (χ4v) is 1.50. The molecule has 0 unspecified atom stereocenters. The summed E-state index contributed by atoms with van der Waals surface area (Å²) in [7, 11) is 0. The van der Waals surface area contributed by atoms with Crippen molar-refractivity contribution in [1.82, 2.24) is 10.3 Å². The Hall–Kier alpha value is -1.30. The van der Waals surface area contributed by atoms with Gasteiger partial charge in [-0.05, 0) is 13.0 Å². The summed E-state index contributed by atoms with van der Waals surface area (Å²) in [5.41, 5.74) is -1.38. The third-order valence-electron chi connectivity index (χ3n) is 2.44. The summed E-state index contributed by atoms with van der Waals surface area (Å²) in [5, 5.41) is 2.96. The standard InChI is InChI=1S/C10H11F3N2O/c1-9(5-15-6-9)16-8-2-3-14-4-7(8)10(11,12)13/h2-4,15H,5-6H2,1H3. The predicted molar refractivity (Wildman–Crippen MR) is 51.1 cm³/mol. The molecule has 1 N–H and O–H groups in total. The average Bonchev–Trinajstić information content (AvgIpc) is 2.14. The van der Waals surface area contributed by atoms with E-state index in [0.717, 1.165) is 6.20 Å². The SMILES string of the molecule is CC1(Oc2ccncc2C(F)(F)F)CNC1. The minimum absolute atomic E-state index is 0.161. The lowest BCUT2D eigenvalue weighted by atomic mass is 10.00. The average molecular weight is 232 g/mol. The zero-order valence-electron chi connectivity index (χ0n) is 8.64. The number of alkyl halides is 3. The molecule has 0 aliphatic carbocycles. The lowest BCUT2D eigenvalue weighted by molar-refractivity contribution is -0.140. The van der Waals surface area contributed by atoms with Crippen molar-refractivity contribution in [3.8, 4) is 5.75 Å². The molecule has 88 valence electrons. The van der Waals surface area contributed by atoms with Crippen molar-refractivity contribution in [2.75, 3.05) is 13.1 Å². The van der Waals surface area contributed by atoms with E-state index < -0.39 is 17.3 Å². The van der Waals surface area contributed by atoms with E-state index in [9.17, 15) is 13.2 Å². The van der Waals surface area contributed by atoms with E-state index in [2.05, 4.69) is 10.3 Å². The summed E-state index contributed by atoms with van der Waals surface area (Å²) in [6, 6.07) is 1.24. The maximum Gasteiger partial charge on any atom is 0.421 e. The molecule has 2 rings (SSSR count). The monoisotopic (exact) mass is 232 g/mol. The zero-order chi connectivity index (χ0) is 11.8. The maximum absolute atomic E-state index is 12.6. The summed E-state index contributed by atoms with van der Waals surface area (Å²) < 4.78 is 43.2. The highest BCUT2D eigenvalue weighted by atomic mass is 19.4. The fourth-order valence-electron chi connectivity index (χ4n) is 1.50. The minimum Gasteiger partial charge on any atom is -0.484 e. The first-order chi connectivity index (χ1) is 7.41. The van der Waals surface area contributed by atoms with Crippen molar-refractivity contribution in [2.45, 2.75) is 18.7 Å². The number of nitrogens with one attached hydrogen (secondary N) is 1. The van der Waals surface area contributed by atoms with Crippen LogP contribution in [-0.2, 0) is 6.18 Å². The Morgan fingerprint density at radius 2 is 2.12 bits per heavy atom. The van der Waals surface area contributed by atoms with Gasteiger partial charge < -0.3 is 10.1 Å². The Morgan fingerprint density at radius 3 is 2.62 bits per heavy atom. The molecule has 0 bridgehead atoms. The van der Waals surface area contributed by atoms with Crippen molar-refractivity contribution in [2.24, 2.45) is 0 Å². The number of rotatable bonds is 2. The van der Waals surface area contributed by atoms with Gasteiger partial charge in [0.05, 0.1) is 0 Å². The van der Waals surface area contributed by atoms with Crippen LogP contribution >= 0.6 is 0 Å². The first kappa shape index (κ1) is 11.2. The smallest absolute Gasteiger partial charge is 0.421 e. The second-order valence-corrected chi connectivity index (χ2v) is 4.03. The number of aromatic nitrogens is 1. The first-order valence-corrected chi connectivity index (χ1v) is 4.82. The number of nitrogens with zero attached hydrogens (tertiary/aromatic N) is 1. The Bertz CT molecular complexity index is 388. The van der Waals surface area contributed by atoms with Crippen LogP contribution in [0.3, 0.4) is 0 Å². The third kappa shape index (κ3) is 2.11. The van der Waals surface area contributed by atoms with Gasteiger partial charge in [-0.2, -0.15) is 13.2 Å². The zero-order valence-corrected chi connectivity index (χ0v) is 8.64. The van der Waals surface area contributed by atoms with E-state index in [1.165, 1.54) is 12.3 Å². The summed E-state index contributed by atoms with van der Waals surface area (Å²) in [6.07, 6.45) is -2.36. The van der Waals surface area contributed by atoms with E-state index in [-0.39, 0.29) is 5.75 Å². The molecule has 0 aromatic carbocycles. The van der Waals surface area contributed by atoms with Gasteiger partial charge in [-0.25, -0.2) is 0 Å². The quantitative estimate of drug-likeness (QED) is 0.844. The van der Waals surface area contributed by atoms with E-state index >= 15 is 0 Å². The highest BCUT2D eigenvalue weighted by Gasteiger charge is 2.39. The van der Waals surface area contributed by atoms with E-state index in [4.69, 9.17) is 4.74 Å². The normalized spacial score (nSPS) is 19.0. The number of ether oxygens (including phenoxy) is 1. The molecule has 0 saturated carbocycles. The van der Waals surface area contributed by atoms with E-state index in [0.29, 0.717) is 13.1 Å². The maximum atomic E-state index is 12.6. The molecule has 2 heterocycles. The summed E-state index contributed by atoms with van der Waals surface area (Å²) >= 11 is 0. The highest BCUT2D eigenvalue weighted by molar-refractivity contribution is 5.33. The molecule has 6 heteroatoms. The van der Waals surface area contributed by atoms with Gasteiger partial charge in [-0.15, -0.1) is 0 Å². The molecule has 3 nitrogen and oxygen atoms in total. The second-order valence-electron chi connectivity index (χ2n) is 4.03. The van der Waals surface area contributed by atoms with Gasteiger partial charge in [0, 0.05) is 25.5 Å². The molecule has 1 aliphatic rings. The predicted octanol–water partition coefficient (Wildman–Crippen LogP) is 1.84. The summed E-state index contributed by atoms with van der Waals surface area (Å²) in [4.78, 5) is 3.47. The van der Waals surface area contributed by atoms with Crippen molar-refractivity contribution >= 4 is 0 Å². The van der Waals surface area contributed by atoms with Gasteiger partial charge in [0.2, 0.25) is 0 Å². The van der Waals surface area contributed by atoms with Gasteiger partial charge in [0.15, 0.2) is 0 Å². The fraction of sp³-hybridized carbons (Fsp3) is 0.500. The molecule has 0 radical (unpaired) electrons. The van der Waals surface area contributed by atoms with Gasteiger partial charge >= 0.3 is 6.18 Å². The van der Waals surface area contributed by atoms with Gasteiger partial charge in [-0.1, -0.05) is 0 Å².